The van der Waals surface area contributed by atoms with Crippen molar-refractivity contribution in [1.29, 1.82) is 0 Å². The molecule has 0 aromatic carbocycles. The van der Waals surface area contributed by atoms with Gasteiger partial charge >= 0.3 is 0 Å². The summed E-state index contributed by atoms with van der Waals surface area (Å²) in [4.78, 5) is 30.2. The highest BCUT2D eigenvalue weighted by molar-refractivity contribution is 5.84. The summed E-state index contributed by atoms with van der Waals surface area (Å²) in [5, 5.41) is 11.6. The van der Waals surface area contributed by atoms with Gasteiger partial charge < -0.3 is 24.8 Å². The van der Waals surface area contributed by atoms with Crippen molar-refractivity contribution in [2.45, 2.75) is 12.8 Å². The summed E-state index contributed by atoms with van der Waals surface area (Å²) in [6, 6.07) is 4.02. The van der Waals surface area contributed by atoms with Crippen molar-refractivity contribution in [3.63, 3.8) is 0 Å². The Labute approximate surface area is 158 Å². The average molecular weight is 374 g/mol. The van der Waals surface area contributed by atoms with Gasteiger partial charge in [0.15, 0.2) is 11.6 Å². The number of carbonyl (C=O) groups is 2. The Bertz CT molecular complexity index is 658. The molecule has 4 rings (SSSR count). The zero-order valence-electron chi connectivity index (χ0n) is 15.5. The van der Waals surface area contributed by atoms with Crippen molar-refractivity contribution in [1.82, 2.24) is 20.4 Å². The van der Waals surface area contributed by atoms with E-state index >= 15 is 0 Å². The third kappa shape index (κ3) is 4.13. The van der Waals surface area contributed by atoms with Gasteiger partial charge in [0, 0.05) is 52.2 Å². The van der Waals surface area contributed by atoms with E-state index in [1.54, 1.807) is 0 Å². The lowest BCUT2D eigenvalue weighted by Gasteiger charge is -2.37. The van der Waals surface area contributed by atoms with Crippen molar-refractivity contribution >= 4 is 23.5 Å². The first kappa shape index (κ1) is 18.0. The summed E-state index contributed by atoms with van der Waals surface area (Å²) in [7, 11) is 0. The largest absolute Gasteiger partial charge is 0.378 e. The van der Waals surface area contributed by atoms with Crippen molar-refractivity contribution < 1.29 is 14.3 Å². The molecule has 0 saturated carbocycles. The maximum Gasteiger partial charge on any atom is 0.227 e. The summed E-state index contributed by atoms with van der Waals surface area (Å²) in [6.07, 6.45) is 1.10. The van der Waals surface area contributed by atoms with Crippen molar-refractivity contribution in [3.05, 3.63) is 12.1 Å². The van der Waals surface area contributed by atoms with Crippen LogP contribution < -0.4 is 15.1 Å². The van der Waals surface area contributed by atoms with E-state index in [-0.39, 0.29) is 17.7 Å². The van der Waals surface area contributed by atoms with Crippen LogP contribution in [0.3, 0.4) is 0 Å². The molecule has 9 nitrogen and oxygen atoms in total. The second-order valence-electron chi connectivity index (χ2n) is 7.20. The molecule has 3 fully saturated rings. The van der Waals surface area contributed by atoms with Gasteiger partial charge in [-0.25, -0.2) is 0 Å². The molecular formula is C18H26N6O3. The number of hydrogen-bond donors (Lipinski definition) is 1. The number of hydrogen-bond acceptors (Lipinski definition) is 7. The van der Waals surface area contributed by atoms with E-state index in [9.17, 15) is 9.59 Å². The lowest BCUT2D eigenvalue weighted by molar-refractivity contribution is -0.137. The van der Waals surface area contributed by atoms with Crippen LogP contribution in [0.5, 0.6) is 0 Å². The van der Waals surface area contributed by atoms with Crippen LogP contribution in [0.25, 0.3) is 0 Å². The highest BCUT2D eigenvalue weighted by Crippen LogP contribution is 2.19. The summed E-state index contributed by atoms with van der Waals surface area (Å²) < 4.78 is 5.37. The zero-order chi connectivity index (χ0) is 18.6. The molecule has 1 aromatic rings. The maximum atomic E-state index is 12.6. The van der Waals surface area contributed by atoms with E-state index in [0.29, 0.717) is 32.5 Å². The average Bonchev–Trinajstić information content (AvgIpc) is 2.75. The Morgan fingerprint density at radius 3 is 2.19 bits per heavy atom. The molecule has 1 atom stereocenters. The van der Waals surface area contributed by atoms with Crippen LogP contribution in [0.4, 0.5) is 11.6 Å². The minimum atomic E-state index is -0.0816. The summed E-state index contributed by atoms with van der Waals surface area (Å²) in [5.74, 6) is 1.85. The zero-order valence-corrected chi connectivity index (χ0v) is 15.5. The number of rotatable bonds is 3. The minimum Gasteiger partial charge on any atom is -0.378 e. The number of ether oxygens (including phenoxy) is 1. The molecule has 27 heavy (non-hydrogen) atoms. The van der Waals surface area contributed by atoms with Gasteiger partial charge in [-0.05, 0) is 18.6 Å². The van der Waals surface area contributed by atoms with E-state index in [2.05, 4.69) is 25.3 Å². The molecular weight excluding hydrogens is 348 g/mol. The highest BCUT2D eigenvalue weighted by atomic mass is 16.5. The normalized spacial score (nSPS) is 23.9. The fourth-order valence-corrected chi connectivity index (χ4v) is 3.81. The number of nitrogens with zero attached hydrogens (tertiary/aromatic N) is 5. The van der Waals surface area contributed by atoms with Crippen LogP contribution in [0.1, 0.15) is 12.8 Å². The molecule has 9 heteroatoms. The van der Waals surface area contributed by atoms with E-state index in [4.69, 9.17) is 4.74 Å². The first-order valence-electron chi connectivity index (χ1n) is 9.67. The van der Waals surface area contributed by atoms with Crippen LogP contribution in [0.15, 0.2) is 12.1 Å². The molecule has 146 valence electrons. The SMILES string of the molecule is O=C1CCC(C(=O)N2CCN(c3ccc(N4CCOCC4)nn3)CC2)CN1. The Kier molecular flexibility index (Phi) is 5.38. The molecule has 0 radical (unpaired) electrons. The molecule has 3 saturated heterocycles. The number of carbonyl (C=O) groups excluding carboxylic acids is 2. The second-order valence-corrected chi connectivity index (χ2v) is 7.20. The number of piperazine rings is 1. The van der Waals surface area contributed by atoms with Gasteiger partial charge in [0.05, 0.1) is 19.1 Å². The third-order valence-electron chi connectivity index (χ3n) is 5.50. The molecule has 4 heterocycles. The fraction of sp³-hybridized carbons (Fsp3) is 0.667. The third-order valence-corrected chi connectivity index (χ3v) is 5.50. The Balaban J connectivity index is 1.29. The lowest BCUT2D eigenvalue weighted by atomic mass is 9.97. The fourth-order valence-electron chi connectivity index (χ4n) is 3.81. The summed E-state index contributed by atoms with van der Waals surface area (Å²) >= 11 is 0. The van der Waals surface area contributed by atoms with Gasteiger partial charge in [0.2, 0.25) is 11.8 Å². The molecule has 0 aliphatic carbocycles. The van der Waals surface area contributed by atoms with Gasteiger partial charge in [-0.1, -0.05) is 0 Å². The molecule has 3 aliphatic rings. The van der Waals surface area contributed by atoms with Crippen molar-refractivity contribution in [2.75, 3.05) is 68.8 Å². The first-order valence-corrected chi connectivity index (χ1v) is 9.67. The number of amides is 2. The van der Waals surface area contributed by atoms with Crippen LogP contribution in [0, 0.1) is 5.92 Å². The molecule has 3 aliphatic heterocycles. The van der Waals surface area contributed by atoms with Crippen LogP contribution in [-0.2, 0) is 14.3 Å². The van der Waals surface area contributed by atoms with E-state index in [1.165, 1.54) is 0 Å². The van der Waals surface area contributed by atoms with Crippen molar-refractivity contribution in [2.24, 2.45) is 5.92 Å². The van der Waals surface area contributed by atoms with Crippen molar-refractivity contribution in [3.8, 4) is 0 Å². The van der Waals surface area contributed by atoms with Crippen LogP contribution in [-0.4, -0.2) is 85.9 Å². The Morgan fingerprint density at radius 2 is 1.63 bits per heavy atom. The number of morpholine rings is 1. The summed E-state index contributed by atoms with van der Waals surface area (Å²) in [5.41, 5.74) is 0. The quantitative estimate of drug-likeness (QED) is 0.762. The van der Waals surface area contributed by atoms with E-state index < -0.39 is 0 Å². The minimum absolute atomic E-state index is 0.0444. The lowest BCUT2D eigenvalue weighted by Crippen LogP contribution is -2.52. The second kappa shape index (κ2) is 8.08. The molecule has 0 spiro atoms. The highest BCUT2D eigenvalue weighted by Gasteiger charge is 2.30. The summed E-state index contributed by atoms with van der Waals surface area (Å²) in [6.45, 7) is 6.45. The van der Waals surface area contributed by atoms with Gasteiger partial charge in [0.25, 0.3) is 0 Å². The topological polar surface area (TPSA) is 90.9 Å². The Morgan fingerprint density at radius 1 is 1.00 bits per heavy atom. The molecule has 1 N–H and O–H groups in total. The van der Waals surface area contributed by atoms with Gasteiger partial charge in [-0.2, -0.15) is 0 Å². The molecule has 2 amide bonds. The van der Waals surface area contributed by atoms with E-state index in [0.717, 1.165) is 51.0 Å². The smallest absolute Gasteiger partial charge is 0.227 e. The Hall–Kier alpha value is -2.42. The molecule has 1 unspecified atom stereocenters. The number of aromatic nitrogens is 2. The molecule has 1 aromatic heterocycles. The van der Waals surface area contributed by atoms with Crippen LogP contribution in [0.2, 0.25) is 0 Å². The van der Waals surface area contributed by atoms with Gasteiger partial charge in [0.1, 0.15) is 0 Å². The number of nitrogens with one attached hydrogen (secondary N) is 1. The maximum absolute atomic E-state index is 12.6. The van der Waals surface area contributed by atoms with Gasteiger partial charge in [-0.3, -0.25) is 9.59 Å². The predicted molar refractivity (Wildman–Crippen MR) is 99.6 cm³/mol. The van der Waals surface area contributed by atoms with Gasteiger partial charge in [-0.15, -0.1) is 10.2 Å². The van der Waals surface area contributed by atoms with Crippen LogP contribution >= 0.6 is 0 Å². The first-order chi connectivity index (χ1) is 13.2. The predicted octanol–water partition coefficient (Wildman–Crippen LogP) is -0.512. The monoisotopic (exact) mass is 374 g/mol. The number of piperidine rings is 1. The number of anilines is 2. The van der Waals surface area contributed by atoms with E-state index in [1.807, 2.05) is 17.0 Å². The standard InChI is InChI=1S/C18H26N6O3/c25-17-4-1-14(13-19-17)18(26)24-7-5-22(6-8-24)15-2-3-16(21-20-15)23-9-11-27-12-10-23/h2-3,14H,1,4-13H2,(H,19,25). The molecule has 0 bridgehead atoms.